The predicted octanol–water partition coefficient (Wildman–Crippen LogP) is 2.46. The molecule has 0 unspecified atom stereocenters. The lowest BCUT2D eigenvalue weighted by Crippen LogP contribution is -1.87. The molecule has 1 aromatic heterocycles. The molecule has 0 amide bonds. The molecule has 0 saturated heterocycles. The first kappa shape index (κ1) is 9.45. The summed E-state index contributed by atoms with van der Waals surface area (Å²) < 4.78 is 0. The fourth-order valence-electron chi connectivity index (χ4n) is 1.11. The normalized spacial score (nSPS) is 10.6. The molecule has 3 heteroatoms. The fraction of sp³-hybridized carbons (Fsp3) is 0.200. The van der Waals surface area contributed by atoms with E-state index in [4.69, 9.17) is 0 Å². The summed E-state index contributed by atoms with van der Waals surface area (Å²) in [7, 11) is 0. The predicted molar refractivity (Wildman–Crippen MR) is 54.6 cm³/mol. The van der Waals surface area contributed by atoms with E-state index in [9.17, 15) is 5.11 Å². The smallest absolute Gasteiger partial charge is 0.160 e. The van der Waals surface area contributed by atoms with Crippen molar-refractivity contribution in [3.05, 3.63) is 24.0 Å². The Kier molecular flexibility index (Phi) is 2.80. The highest BCUT2D eigenvalue weighted by atomic mass is 16.3. The van der Waals surface area contributed by atoms with E-state index in [2.05, 4.69) is 16.6 Å². The summed E-state index contributed by atoms with van der Waals surface area (Å²) in [5.41, 5.74) is 2.12. The summed E-state index contributed by atoms with van der Waals surface area (Å²) in [6, 6.07) is 0. The summed E-state index contributed by atoms with van der Waals surface area (Å²) in [5.74, 6) is 0.0820. The second kappa shape index (κ2) is 3.85. The van der Waals surface area contributed by atoms with E-state index in [1.807, 2.05) is 6.92 Å². The molecule has 0 aromatic carbocycles. The molecule has 0 aliphatic carbocycles. The Morgan fingerprint density at radius 1 is 1.62 bits per heavy atom. The molecule has 68 valence electrons. The summed E-state index contributed by atoms with van der Waals surface area (Å²) in [6.07, 6.45) is 4.66. The zero-order chi connectivity index (χ0) is 9.84. The van der Waals surface area contributed by atoms with Crippen LogP contribution in [0.15, 0.2) is 17.8 Å². The van der Waals surface area contributed by atoms with Gasteiger partial charge in [-0.3, -0.25) is 9.98 Å². The quantitative estimate of drug-likeness (QED) is 0.703. The second-order valence-electron chi connectivity index (χ2n) is 2.58. The fourth-order valence-corrected chi connectivity index (χ4v) is 1.11. The van der Waals surface area contributed by atoms with Gasteiger partial charge in [-0.15, -0.1) is 0 Å². The first-order valence-electron chi connectivity index (χ1n) is 4.00. The van der Waals surface area contributed by atoms with Crippen LogP contribution in [0.4, 0.5) is 5.69 Å². The van der Waals surface area contributed by atoms with Gasteiger partial charge in [0.1, 0.15) is 5.69 Å². The zero-order valence-corrected chi connectivity index (χ0v) is 7.78. The number of hydrogen-bond donors (Lipinski definition) is 1. The minimum atomic E-state index is 0.0820. The third-order valence-electron chi connectivity index (χ3n) is 1.73. The van der Waals surface area contributed by atoms with Crippen molar-refractivity contribution in [3.8, 4) is 5.75 Å². The zero-order valence-electron chi connectivity index (χ0n) is 7.78. The number of aromatic hydroxyl groups is 1. The largest absolute Gasteiger partial charge is 0.504 e. The molecule has 0 saturated carbocycles. The van der Waals surface area contributed by atoms with Crippen LogP contribution in [0.1, 0.15) is 18.2 Å². The van der Waals surface area contributed by atoms with Crippen LogP contribution < -0.4 is 0 Å². The Hall–Kier alpha value is -1.64. The molecule has 0 radical (unpaired) electrons. The third-order valence-corrected chi connectivity index (χ3v) is 1.73. The molecular formula is C10H12N2O. The van der Waals surface area contributed by atoms with Crippen molar-refractivity contribution in [2.45, 2.75) is 13.8 Å². The molecule has 0 atom stereocenters. The van der Waals surface area contributed by atoms with E-state index in [1.54, 1.807) is 19.2 Å². The van der Waals surface area contributed by atoms with Crippen LogP contribution in [0, 0.1) is 6.92 Å². The molecule has 1 heterocycles. The molecule has 1 rings (SSSR count). The third kappa shape index (κ3) is 1.75. The summed E-state index contributed by atoms with van der Waals surface area (Å²) in [5, 5.41) is 9.45. The van der Waals surface area contributed by atoms with Crippen LogP contribution in [-0.4, -0.2) is 16.3 Å². The molecule has 0 spiro atoms. The molecule has 0 aliphatic rings. The van der Waals surface area contributed by atoms with Gasteiger partial charge in [0.05, 0.1) is 6.20 Å². The van der Waals surface area contributed by atoms with Crippen molar-refractivity contribution in [1.82, 2.24) is 4.98 Å². The van der Waals surface area contributed by atoms with Gasteiger partial charge in [-0.1, -0.05) is 12.7 Å². The molecule has 1 N–H and O–H groups in total. The van der Waals surface area contributed by atoms with Crippen molar-refractivity contribution < 1.29 is 5.11 Å². The number of nitrogens with zero attached hydrogens (tertiary/aromatic N) is 2. The number of rotatable bonds is 2. The maximum atomic E-state index is 9.45. The lowest BCUT2D eigenvalue weighted by Gasteiger charge is -2.05. The first-order valence-corrected chi connectivity index (χ1v) is 4.00. The van der Waals surface area contributed by atoms with Gasteiger partial charge in [0, 0.05) is 17.5 Å². The molecule has 0 bridgehead atoms. The number of aromatic nitrogens is 1. The molecule has 13 heavy (non-hydrogen) atoms. The standard InChI is InChI=1S/C10H12N2O/c1-4-8-7(3)12-6-9(13)10(8)11-5-2/h4-6,13H,1H2,2-3H3. The molecule has 0 fully saturated rings. The van der Waals surface area contributed by atoms with Gasteiger partial charge < -0.3 is 5.11 Å². The van der Waals surface area contributed by atoms with E-state index in [0.29, 0.717) is 5.69 Å². The van der Waals surface area contributed by atoms with E-state index in [-0.39, 0.29) is 5.75 Å². The average molecular weight is 176 g/mol. The first-order chi connectivity index (χ1) is 6.20. The van der Waals surface area contributed by atoms with Gasteiger partial charge in [-0.25, -0.2) is 0 Å². The van der Waals surface area contributed by atoms with Crippen LogP contribution in [0.5, 0.6) is 5.75 Å². The van der Waals surface area contributed by atoms with E-state index in [1.165, 1.54) is 6.20 Å². The van der Waals surface area contributed by atoms with Crippen molar-refractivity contribution in [2.24, 2.45) is 4.99 Å². The van der Waals surface area contributed by atoms with E-state index < -0.39 is 0 Å². The van der Waals surface area contributed by atoms with E-state index >= 15 is 0 Å². The number of aliphatic imine (C=N–C) groups is 1. The van der Waals surface area contributed by atoms with Crippen molar-refractivity contribution in [2.75, 3.05) is 0 Å². The monoisotopic (exact) mass is 176 g/mol. The second-order valence-corrected chi connectivity index (χ2v) is 2.58. The molecule has 3 nitrogen and oxygen atoms in total. The van der Waals surface area contributed by atoms with E-state index in [0.717, 1.165) is 11.3 Å². The molecule has 1 aromatic rings. The van der Waals surface area contributed by atoms with Crippen LogP contribution in [0.25, 0.3) is 6.08 Å². The summed E-state index contributed by atoms with van der Waals surface area (Å²) >= 11 is 0. The number of aryl methyl sites for hydroxylation is 1. The maximum Gasteiger partial charge on any atom is 0.160 e. The highest BCUT2D eigenvalue weighted by molar-refractivity contribution is 5.74. The Labute approximate surface area is 77.5 Å². The Morgan fingerprint density at radius 3 is 2.85 bits per heavy atom. The number of pyridine rings is 1. The minimum Gasteiger partial charge on any atom is -0.504 e. The minimum absolute atomic E-state index is 0.0820. The highest BCUT2D eigenvalue weighted by Crippen LogP contribution is 2.31. The van der Waals surface area contributed by atoms with Crippen LogP contribution in [0.2, 0.25) is 0 Å². The summed E-state index contributed by atoms with van der Waals surface area (Å²) in [6.45, 7) is 7.30. The molecule has 0 aliphatic heterocycles. The maximum absolute atomic E-state index is 9.45. The van der Waals surface area contributed by atoms with Gasteiger partial charge in [0.15, 0.2) is 5.75 Å². The Morgan fingerprint density at radius 2 is 2.31 bits per heavy atom. The van der Waals surface area contributed by atoms with Crippen molar-refractivity contribution in [1.29, 1.82) is 0 Å². The molecular weight excluding hydrogens is 164 g/mol. The van der Waals surface area contributed by atoms with Crippen molar-refractivity contribution in [3.63, 3.8) is 0 Å². The topological polar surface area (TPSA) is 45.5 Å². The highest BCUT2D eigenvalue weighted by Gasteiger charge is 2.07. The van der Waals surface area contributed by atoms with Gasteiger partial charge in [-0.2, -0.15) is 0 Å². The van der Waals surface area contributed by atoms with Gasteiger partial charge in [-0.05, 0) is 13.8 Å². The lowest BCUT2D eigenvalue weighted by molar-refractivity contribution is 0.474. The summed E-state index contributed by atoms with van der Waals surface area (Å²) in [4.78, 5) is 8.05. The van der Waals surface area contributed by atoms with Crippen LogP contribution >= 0.6 is 0 Å². The number of hydrogen-bond acceptors (Lipinski definition) is 3. The Bertz CT molecular complexity index is 356. The van der Waals surface area contributed by atoms with Gasteiger partial charge >= 0.3 is 0 Å². The van der Waals surface area contributed by atoms with Gasteiger partial charge in [0.2, 0.25) is 0 Å². The lowest BCUT2D eigenvalue weighted by atomic mass is 10.1. The SMILES string of the molecule is C=Cc1c(C)ncc(O)c1N=CC. The van der Waals surface area contributed by atoms with Crippen LogP contribution in [0.3, 0.4) is 0 Å². The Balaban J connectivity index is 3.42. The average Bonchev–Trinajstić information content (AvgIpc) is 2.12. The van der Waals surface area contributed by atoms with Gasteiger partial charge in [0.25, 0.3) is 0 Å². The van der Waals surface area contributed by atoms with Crippen LogP contribution in [-0.2, 0) is 0 Å². The van der Waals surface area contributed by atoms with Crippen molar-refractivity contribution >= 4 is 18.0 Å².